The van der Waals surface area contributed by atoms with E-state index in [2.05, 4.69) is 10.3 Å². The Kier molecular flexibility index (Phi) is 5.59. The van der Waals surface area contributed by atoms with Gasteiger partial charge in [0.05, 0.1) is 0 Å². The number of halogens is 1. The monoisotopic (exact) mass is 321 g/mol. The molecule has 8 heteroatoms. The summed E-state index contributed by atoms with van der Waals surface area (Å²) in [6, 6.07) is 0.0774. The van der Waals surface area contributed by atoms with Crippen LogP contribution >= 0.6 is 10.7 Å². The van der Waals surface area contributed by atoms with E-state index >= 15 is 0 Å². The first-order valence-corrected chi connectivity index (χ1v) is 8.73. The lowest BCUT2D eigenvalue weighted by molar-refractivity contribution is -0.121. The molecular weight excluding hydrogens is 302 g/mol. The summed E-state index contributed by atoms with van der Waals surface area (Å²) in [7, 11) is 1.44. The normalized spacial score (nSPS) is 12.2. The van der Waals surface area contributed by atoms with Crippen molar-refractivity contribution in [2.24, 2.45) is 0 Å². The lowest BCUT2D eigenvalue weighted by Gasteiger charge is -2.11. The number of nitrogens with one attached hydrogen (secondary N) is 1. The smallest absolute Gasteiger partial charge is 0.280 e. The number of imidazole rings is 1. The lowest BCUT2D eigenvalue weighted by Crippen LogP contribution is -2.30. The predicted octanol–water partition coefficient (Wildman–Crippen LogP) is 1.85. The van der Waals surface area contributed by atoms with Crippen LogP contribution in [-0.2, 0) is 20.4 Å². The molecule has 0 aromatic carbocycles. The van der Waals surface area contributed by atoms with Crippen LogP contribution in [0.5, 0.6) is 0 Å². The van der Waals surface area contributed by atoms with Crippen LogP contribution in [0.2, 0.25) is 0 Å². The van der Waals surface area contributed by atoms with Crippen molar-refractivity contribution in [3.63, 3.8) is 0 Å². The average Bonchev–Trinajstić information content (AvgIpc) is 2.68. The van der Waals surface area contributed by atoms with Crippen molar-refractivity contribution in [3.8, 4) is 0 Å². The molecule has 1 aromatic heterocycles. The molecule has 1 rings (SSSR count). The fourth-order valence-corrected chi connectivity index (χ4v) is 2.46. The van der Waals surface area contributed by atoms with E-state index in [4.69, 9.17) is 10.7 Å². The predicted molar refractivity (Wildman–Crippen MR) is 77.3 cm³/mol. The first-order chi connectivity index (χ1) is 9.11. The third kappa shape index (κ3) is 4.79. The third-order valence-corrected chi connectivity index (χ3v) is 3.75. The maximum absolute atomic E-state index is 11.6. The van der Waals surface area contributed by atoms with Gasteiger partial charge in [0.1, 0.15) is 5.82 Å². The molecule has 1 amide bonds. The molecule has 0 spiro atoms. The molecule has 1 N–H and O–H groups in total. The van der Waals surface area contributed by atoms with Crippen molar-refractivity contribution in [2.45, 2.75) is 57.6 Å². The Morgan fingerprint density at radius 2 is 2.00 bits per heavy atom. The van der Waals surface area contributed by atoms with Crippen molar-refractivity contribution < 1.29 is 13.2 Å². The van der Waals surface area contributed by atoms with Gasteiger partial charge in [-0.2, -0.15) is 0 Å². The zero-order chi connectivity index (χ0) is 15.5. The second-order valence-electron chi connectivity index (χ2n) is 5.20. The Morgan fingerprint density at radius 3 is 2.45 bits per heavy atom. The van der Waals surface area contributed by atoms with Gasteiger partial charge < -0.3 is 9.88 Å². The first kappa shape index (κ1) is 17.0. The second-order valence-corrected chi connectivity index (χ2v) is 7.71. The Labute approximate surface area is 123 Å². The molecule has 0 unspecified atom stereocenters. The van der Waals surface area contributed by atoms with Crippen LogP contribution in [0.25, 0.3) is 0 Å². The molecule has 1 heterocycles. The number of amides is 1. The lowest BCUT2D eigenvalue weighted by atomic mass is 10.2. The van der Waals surface area contributed by atoms with Crippen LogP contribution in [0.1, 0.15) is 45.9 Å². The van der Waals surface area contributed by atoms with Gasteiger partial charge in [0.25, 0.3) is 9.05 Å². The van der Waals surface area contributed by atoms with Crippen LogP contribution in [0.4, 0.5) is 0 Å². The van der Waals surface area contributed by atoms with Gasteiger partial charge >= 0.3 is 0 Å². The number of hydrogen-bond donors (Lipinski definition) is 1. The highest BCUT2D eigenvalue weighted by atomic mass is 35.7. The maximum atomic E-state index is 11.6. The SMILES string of the molecule is CC(C)NC(=O)CCn1cc(S(=O)(=O)Cl)nc1C(C)C. The van der Waals surface area contributed by atoms with Gasteiger partial charge in [-0.15, -0.1) is 0 Å². The standard InChI is InChI=1S/C12H20ClN3O3S/c1-8(2)12-15-11(20(13,18)19)7-16(12)6-5-10(17)14-9(3)4/h7-9H,5-6H2,1-4H3,(H,14,17). The van der Waals surface area contributed by atoms with E-state index in [0.717, 1.165) is 0 Å². The summed E-state index contributed by atoms with van der Waals surface area (Å²) < 4.78 is 24.3. The maximum Gasteiger partial charge on any atom is 0.280 e. The van der Waals surface area contributed by atoms with Crippen LogP contribution in [0.15, 0.2) is 11.2 Å². The Morgan fingerprint density at radius 1 is 1.40 bits per heavy atom. The Bertz CT molecular complexity index is 579. The molecule has 0 aliphatic heterocycles. The highest BCUT2D eigenvalue weighted by molar-refractivity contribution is 8.13. The van der Waals surface area contributed by atoms with E-state index in [-0.39, 0.29) is 29.3 Å². The van der Waals surface area contributed by atoms with Gasteiger partial charge in [-0.3, -0.25) is 4.79 Å². The number of aromatic nitrogens is 2. The zero-order valence-electron chi connectivity index (χ0n) is 12.1. The fourth-order valence-electron chi connectivity index (χ4n) is 1.78. The van der Waals surface area contributed by atoms with Crippen LogP contribution in [0, 0.1) is 0 Å². The van der Waals surface area contributed by atoms with Crippen molar-refractivity contribution in [3.05, 3.63) is 12.0 Å². The van der Waals surface area contributed by atoms with Gasteiger partial charge in [0.15, 0.2) is 5.03 Å². The zero-order valence-corrected chi connectivity index (χ0v) is 13.6. The van der Waals surface area contributed by atoms with Crippen molar-refractivity contribution in [2.75, 3.05) is 0 Å². The molecule has 0 fully saturated rings. The average molecular weight is 322 g/mol. The number of hydrogen-bond acceptors (Lipinski definition) is 4. The molecule has 0 aliphatic carbocycles. The highest BCUT2D eigenvalue weighted by Gasteiger charge is 2.19. The summed E-state index contributed by atoms with van der Waals surface area (Å²) in [4.78, 5) is 15.7. The highest BCUT2D eigenvalue weighted by Crippen LogP contribution is 2.20. The van der Waals surface area contributed by atoms with E-state index < -0.39 is 9.05 Å². The van der Waals surface area contributed by atoms with Gasteiger partial charge in [-0.1, -0.05) is 13.8 Å². The van der Waals surface area contributed by atoms with Crippen LogP contribution in [0.3, 0.4) is 0 Å². The molecule has 114 valence electrons. The number of carbonyl (C=O) groups excluding carboxylic acids is 1. The Balaban J connectivity index is 2.89. The van der Waals surface area contributed by atoms with Gasteiger partial charge in [-0.05, 0) is 13.8 Å². The molecule has 0 radical (unpaired) electrons. The van der Waals surface area contributed by atoms with Crippen LogP contribution < -0.4 is 5.32 Å². The Hall–Kier alpha value is -1.08. The summed E-state index contributed by atoms with van der Waals surface area (Å²) in [5, 5.41) is 2.61. The molecular formula is C12H20ClN3O3S. The largest absolute Gasteiger partial charge is 0.354 e. The first-order valence-electron chi connectivity index (χ1n) is 6.42. The van der Waals surface area contributed by atoms with E-state index in [1.54, 1.807) is 4.57 Å². The number of carbonyl (C=O) groups is 1. The third-order valence-electron chi connectivity index (χ3n) is 2.58. The minimum atomic E-state index is -3.86. The quantitative estimate of drug-likeness (QED) is 0.811. The molecule has 0 saturated heterocycles. The van der Waals surface area contributed by atoms with Crippen LogP contribution in [-0.4, -0.2) is 29.9 Å². The van der Waals surface area contributed by atoms with Gasteiger partial charge in [-0.25, -0.2) is 13.4 Å². The van der Waals surface area contributed by atoms with Gasteiger partial charge in [0, 0.05) is 41.8 Å². The second kappa shape index (κ2) is 6.58. The molecule has 6 nitrogen and oxygen atoms in total. The van der Waals surface area contributed by atoms with E-state index in [0.29, 0.717) is 12.4 Å². The van der Waals surface area contributed by atoms with Crippen molar-refractivity contribution >= 4 is 25.6 Å². The molecule has 0 bridgehead atoms. The topological polar surface area (TPSA) is 81.1 Å². The van der Waals surface area contributed by atoms with Crippen molar-refractivity contribution in [1.82, 2.24) is 14.9 Å². The molecule has 0 aliphatic rings. The fraction of sp³-hybridized carbons (Fsp3) is 0.667. The summed E-state index contributed by atoms with van der Waals surface area (Å²) in [5.41, 5.74) is 0. The van der Waals surface area contributed by atoms with E-state index in [9.17, 15) is 13.2 Å². The number of rotatable bonds is 6. The summed E-state index contributed by atoms with van der Waals surface area (Å²) >= 11 is 0. The summed E-state index contributed by atoms with van der Waals surface area (Å²) in [6.45, 7) is 7.93. The summed E-state index contributed by atoms with van der Waals surface area (Å²) in [5.74, 6) is 0.551. The van der Waals surface area contributed by atoms with E-state index in [1.165, 1.54) is 6.20 Å². The van der Waals surface area contributed by atoms with Gasteiger partial charge in [0.2, 0.25) is 5.91 Å². The summed E-state index contributed by atoms with van der Waals surface area (Å²) in [6.07, 6.45) is 1.64. The number of nitrogens with zero attached hydrogens (tertiary/aromatic N) is 2. The number of aryl methyl sites for hydroxylation is 1. The molecule has 20 heavy (non-hydrogen) atoms. The van der Waals surface area contributed by atoms with E-state index in [1.807, 2.05) is 27.7 Å². The molecule has 1 aromatic rings. The minimum Gasteiger partial charge on any atom is -0.354 e. The molecule has 0 atom stereocenters. The van der Waals surface area contributed by atoms with Crippen molar-refractivity contribution in [1.29, 1.82) is 0 Å². The molecule has 0 saturated carbocycles. The minimum absolute atomic E-state index is 0.0373.